The molecule has 102 valence electrons. The number of hydrogen-bond acceptors (Lipinski definition) is 3. The summed E-state index contributed by atoms with van der Waals surface area (Å²) in [5.41, 5.74) is 2.60. The molecule has 3 heteroatoms. The predicted molar refractivity (Wildman–Crippen MR) is 82.4 cm³/mol. The molecule has 0 aliphatic rings. The second-order valence-electron chi connectivity index (χ2n) is 4.81. The number of aryl methyl sites for hydroxylation is 1. The molecule has 1 atom stereocenters. The second kappa shape index (κ2) is 6.83. The summed E-state index contributed by atoms with van der Waals surface area (Å²) in [5.74, 6) is 2.99. The van der Waals surface area contributed by atoms with Gasteiger partial charge in [0.2, 0.25) is 0 Å². The maximum atomic E-state index is 5.75. The van der Waals surface area contributed by atoms with Crippen LogP contribution in [0.15, 0.2) is 40.8 Å². The third-order valence-corrected chi connectivity index (χ3v) is 3.74. The van der Waals surface area contributed by atoms with Crippen molar-refractivity contribution in [2.24, 2.45) is 0 Å². The third-order valence-electron chi connectivity index (χ3n) is 3.16. The number of benzene rings is 1. The molecule has 1 heterocycles. The first-order valence-corrected chi connectivity index (χ1v) is 7.95. The smallest absolute Gasteiger partial charge is 0.118 e. The van der Waals surface area contributed by atoms with Crippen LogP contribution in [0, 0.1) is 6.92 Å². The molecule has 2 nitrogen and oxygen atoms in total. The minimum absolute atomic E-state index is 0.328. The summed E-state index contributed by atoms with van der Waals surface area (Å²) in [6.45, 7) is 5.05. The van der Waals surface area contributed by atoms with E-state index in [9.17, 15) is 0 Å². The SMILES string of the molecule is CSCc1ccc(CN[C@H](C)c2ccc(C)cc2)o1. The number of nitrogens with one attached hydrogen (secondary N) is 1. The molecule has 0 saturated carbocycles. The molecular weight excluding hydrogens is 254 g/mol. The highest BCUT2D eigenvalue weighted by molar-refractivity contribution is 7.97. The molecule has 0 radical (unpaired) electrons. The molecule has 0 spiro atoms. The van der Waals surface area contributed by atoms with E-state index < -0.39 is 0 Å². The summed E-state index contributed by atoms with van der Waals surface area (Å²) in [6, 6.07) is 13.1. The first-order valence-electron chi connectivity index (χ1n) is 6.55. The van der Waals surface area contributed by atoms with E-state index in [0.29, 0.717) is 6.04 Å². The van der Waals surface area contributed by atoms with Crippen LogP contribution in [0.1, 0.15) is 35.6 Å². The van der Waals surface area contributed by atoms with Crippen molar-refractivity contribution < 1.29 is 4.42 Å². The van der Waals surface area contributed by atoms with E-state index in [1.807, 2.05) is 0 Å². The summed E-state index contributed by atoms with van der Waals surface area (Å²) in [7, 11) is 0. The summed E-state index contributed by atoms with van der Waals surface area (Å²) in [6.07, 6.45) is 2.08. The van der Waals surface area contributed by atoms with Crippen molar-refractivity contribution in [2.45, 2.75) is 32.2 Å². The number of rotatable bonds is 6. The fraction of sp³-hybridized carbons (Fsp3) is 0.375. The Kier molecular flexibility index (Phi) is 5.11. The normalized spacial score (nSPS) is 12.6. The standard InChI is InChI=1S/C16H21NOS/c1-12-4-6-14(7-5-12)13(2)17-10-15-8-9-16(18-15)11-19-3/h4-9,13,17H,10-11H2,1-3H3/t13-/m1/s1. The Morgan fingerprint density at radius 3 is 2.47 bits per heavy atom. The fourth-order valence-electron chi connectivity index (χ4n) is 1.96. The highest BCUT2D eigenvalue weighted by Crippen LogP contribution is 2.16. The van der Waals surface area contributed by atoms with E-state index >= 15 is 0 Å². The van der Waals surface area contributed by atoms with Gasteiger partial charge in [-0.15, -0.1) is 0 Å². The van der Waals surface area contributed by atoms with Crippen molar-refractivity contribution in [2.75, 3.05) is 6.26 Å². The first kappa shape index (κ1) is 14.2. The molecule has 0 aliphatic carbocycles. The average Bonchev–Trinajstić information content (AvgIpc) is 2.85. The van der Waals surface area contributed by atoms with Crippen LogP contribution in [0.2, 0.25) is 0 Å². The van der Waals surface area contributed by atoms with Crippen molar-refractivity contribution in [1.29, 1.82) is 0 Å². The lowest BCUT2D eigenvalue weighted by molar-refractivity contribution is 0.442. The van der Waals surface area contributed by atoms with Gasteiger partial charge in [0.05, 0.1) is 12.3 Å². The summed E-state index contributed by atoms with van der Waals surface area (Å²) < 4.78 is 5.75. The Bertz CT molecular complexity index is 504. The van der Waals surface area contributed by atoms with Gasteiger partial charge in [-0.3, -0.25) is 0 Å². The van der Waals surface area contributed by atoms with Gasteiger partial charge in [0.1, 0.15) is 11.5 Å². The van der Waals surface area contributed by atoms with Crippen LogP contribution in [0.3, 0.4) is 0 Å². The number of furan rings is 1. The van der Waals surface area contributed by atoms with Crippen LogP contribution in [0.4, 0.5) is 0 Å². The molecule has 2 aromatic rings. The van der Waals surface area contributed by atoms with Crippen LogP contribution >= 0.6 is 11.8 Å². The zero-order valence-corrected chi connectivity index (χ0v) is 12.6. The van der Waals surface area contributed by atoms with Crippen molar-refractivity contribution in [3.8, 4) is 0 Å². The molecule has 1 aromatic heterocycles. The van der Waals surface area contributed by atoms with Crippen LogP contribution in [-0.2, 0) is 12.3 Å². The molecule has 0 saturated heterocycles. The molecule has 0 aliphatic heterocycles. The number of thioether (sulfide) groups is 1. The van der Waals surface area contributed by atoms with E-state index in [-0.39, 0.29) is 0 Å². The van der Waals surface area contributed by atoms with E-state index in [2.05, 4.69) is 61.8 Å². The Labute approximate surface area is 119 Å². The Morgan fingerprint density at radius 1 is 1.11 bits per heavy atom. The van der Waals surface area contributed by atoms with Crippen LogP contribution in [0.5, 0.6) is 0 Å². The molecule has 0 fully saturated rings. The van der Waals surface area contributed by atoms with Gasteiger partial charge in [-0.05, 0) is 37.8 Å². The first-order chi connectivity index (χ1) is 9.19. The molecule has 1 N–H and O–H groups in total. The van der Waals surface area contributed by atoms with Crippen LogP contribution < -0.4 is 5.32 Å². The Balaban J connectivity index is 1.88. The van der Waals surface area contributed by atoms with Crippen molar-refractivity contribution >= 4 is 11.8 Å². The minimum Gasteiger partial charge on any atom is -0.464 e. The van der Waals surface area contributed by atoms with Crippen LogP contribution in [-0.4, -0.2) is 6.26 Å². The monoisotopic (exact) mass is 275 g/mol. The van der Waals surface area contributed by atoms with E-state index in [4.69, 9.17) is 4.42 Å². The zero-order valence-electron chi connectivity index (χ0n) is 11.8. The minimum atomic E-state index is 0.328. The van der Waals surface area contributed by atoms with Gasteiger partial charge in [-0.1, -0.05) is 29.8 Å². The molecule has 0 bridgehead atoms. The van der Waals surface area contributed by atoms with E-state index in [1.165, 1.54) is 11.1 Å². The maximum Gasteiger partial charge on any atom is 0.118 e. The summed E-state index contributed by atoms with van der Waals surface area (Å²) in [5, 5.41) is 3.49. The highest BCUT2D eigenvalue weighted by atomic mass is 32.2. The lowest BCUT2D eigenvalue weighted by Crippen LogP contribution is -2.17. The van der Waals surface area contributed by atoms with Crippen molar-refractivity contribution in [1.82, 2.24) is 5.32 Å². The number of hydrogen-bond donors (Lipinski definition) is 1. The Hall–Kier alpha value is -1.19. The molecule has 0 amide bonds. The second-order valence-corrected chi connectivity index (χ2v) is 5.68. The summed E-state index contributed by atoms with van der Waals surface area (Å²) in [4.78, 5) is 0. The zero-order chi connectivity index (χ0) is 13.7. The third kappa shape index (κ3) is 4.15. The van der Waals surface area contributed by atoms with Gasteiger partial charge in [0.25, 0.3) is 0 Å². The van der Waals surface area contributed by atoms with Crippen molar-refractivity contribution in [3.05, 3.63) is 59.0 Å². The van der Waals surface area contributed by atoms with Gasteiger partial charge >= 0.3 is 0 Å². The largest absolute Gasteiger partial charge is 0.464 e. The average molecular weight is 275 g/mol. The van der Waals surface area contributed by atoms with E-state index in [0.717, 1.165) is 23.8 Å². The molecule has 0 unspecified atom stereocenters. The Morgan fingerprint density at radius 2 is 1.79 bits per heavy atom. The van der Waals surface area contributed by atoms with E-state index in [1.54, 1.807) is 11.8 Å². The molecule has 1 aromatic carbocycles. The van der Waals surface area contributed by atoms with Crippen LogP contribution in [0.25, 0.3) is 0 Å². The summed E-state index contributed by atoms with van der Waals surface area (Å²) >= 11 is 1.78. The van der Waals surface area contributed by atoms with Gasteiger partial charge in [0, 0.05) is 6.04 Å². The fourth-order valence-corrected chi connectivity index (χ4v) is 2.40. The lowest BCUT2D eigenvalue weighted by Gasteiger charge is -2.13. The van der Waals surface area contributed by atoms with Crippen molar-refractivity contribution in [3.63, 3.8) is 0 Å². The quantitative estimate of drug-likeness (QED) is 0.851. The lowest BCUT2D eigenvalue weighted by atomic mass is 10.1. The predicted octanol–water partition coefficient (Wildman–Crippen LogP) is 4.30. The van der Waals surface area contributed by atoms with Gasteiger partial charge in [0.15, 0.2) is 0 Å². The van der Waals surface area contributed by atoms with Gasteiger partial charge in [-0.2, -0.15) is 11.8 Å². The maximum absolute atomic E-state index is 5.75. The molecule has 19 heavy (non-hydrogen) atoms. The topological polar surface area (TPSA) is 25.2 Å². The van der Waals surface area contributed by atoms with Gasteiger partial charge < -0.3 is 9.73 Å². The molecular formula is C16H21NOS. The highest BCUT2D eigenvalue weighted by Gasteiger charge is 2.06. The molecule has 2 rings (SSSR count). The van der Waals surface area contributed by atoms with Gasteiger partial charge in [-0.25, -0.2) is 0 Å².